The lowest BCUT2D eigenvalue weighted by Crippen LogP contribution is -2.32. The first-order valence-electron chi connectivity index (χ1n) is 8.87. The minimum Gasteiger partial charge on any atom is -0.384 e. The summed E-state index contributed by atoms with van der Waals surface area (Å²) in [5.74, 6) is 1.19. The second kappa shape index (κ2) is 11.9. The number of halogens is 1. The van der Waals surface area contributed by atoms with Crippen molar-refractivity contribution in [1.82, 2.24) is 0 Å². The number of carbonyl (C=O) groups excluding carboxylic acids is 1. The average molecular weight is 408 g/mol. The Bertz CT molecular complexity index is 274. The van der Waals surface area contributed by atoms with Crippen molar-refractivity contribution in [2.24, 2.45) is 11.8 Å². The molecule has 0 amide bonds. The Morgan fingerprint density at radius 3 is 2.38 bits per heavy atom. The first-order valence-corrected chi connectivity index (χ1v) is 10.1. The number of carbonyl (C=O) groups is 1. The molecule has 0 N–H and O–H groups in total. The molecule has 1 rings (SSSR count). The average Bonchev–Trinajstić information content (AvgIpc) is 3.01. The molecular formula is C18H33IO2. The van der Waals surface area contributed by atoms with Crippen molar-refractivity contribution in [2.45, 2.75) is 81.5 Å². The molecule has 1 aliphatic carbocycles. The van der Waals surface area contributed by atoms with Gasteiger partial charge >= 0.3 is 0 Å². The molecule has 0 saturated heterocycles. The molecule has 0 bridgehead atoms. The Morgan fingerprint density at radius 2 is 1.76 bits per heavy atom. The normalized spacial score (nSPS) is 18.8. The first kappa shape index (κ1) is 19.4. The topological polar surface area (TPSA) is 26.3 Å². The van der Waals surface area contributed by atoms with Gasteiger partial charge < -0.3 is 4.74 Å². The van der Waals surface area contributed by atoms with E-state index in [0.29, 0.717) is 18.3 Å². The van der Waals surface area contributed by atoms with Crippen LogP contribution >= 0.6 is 22.6 Å². The van der Waals surface area contributed by atoms with Gasteiger partial charge in [-0.3, -0.25) is 4.79 Å². The largest absolute Gasteiger partial charge is 0.384 e. The summed E-state index contributed by atoms with van der Waals surface area (Å²) in [5, 5.41) is 0. The minimum atomic E-state index is 0.152. The number of ketones is 1. The Morgan fingerprint density at radius 1 is 1.14 bits per heavy atom. The van der Waals surface area contributed by atoms with Crippen LogP contribution in [-0.4, -0.2) is 23.4 Å². The predicted octanol–water partition coefficient (Wildman–Crippen LogP) is 5.56. The van der Waals surface area contributed by atoms with Crippen molar-refractivity contribution in [2.75, 3.05) is 13.7 Å². The van der Waals surface area contributed by atoms with Crippen LogP contribution in [0.3, 0.4) is 0 Å². The molecule has 2 unspecified atom stereocenters. The van der Waals surface area contributed by atoms with E-state index in [1.807, 2.05) is 0 Å². The lowest BCUT2D eigenvalue weighted by molar-refractivity contribution is -0.125. The maximum Gasteiger partial charge on any atom is 0.151 e. The molecule has 1 aliphatic rings. The number of Topliss-reactive ketones (excluding diaryl/α,β-unsaturated/α-hetero) is 1. The van der Waals surface area contributed by atoms with Gasteiger partial charge in [0.05, 0.1) is 10.5 Å². The summed E-state index contributed by atoms with van der Waals surface area (Å²) in [6, 6.07) is 0. The van der Waals surface area contributed by atoms with Crippen molar-refractivity contribution < 1.29 is 9.53 Å². The second-order valence-corrected chi connectivity index (χ2v) is 8.04. The fraction of sp³-hybridized carbons (Fsp3) is 0.944. The number of unbranched alkanes of at least 4 members (excludes halogenated alkanes) is 5. The molecule has 3 heteroatoms. The predicted molar refractivity (Wildman–Crippen MR) is 98.1 cm³/mol. The third-order valence-electron chi connectivity index (χ3n) is 4.80. The molecule has 124 valence electrons. The smallest absolute Gasteiger partial charge is 0.151 e. The van der Waals surface area contributed by atoms with Gasteiger partial charge in [-0.05, 0) is 25.2 Å². The number of hydrogen-bond donors (Lipinski definition) is 0. The quantitative estimate of drug-likeness (QED) is 0.240. The van der Waals surface area contributed by atoms with Crippen LogP contribution < -0.4 is 0 Å². The molecule has 1 fully saturated rings. The van der Waals surface area contributed by atoms with E-state index >= 15 is 0 Å². The van der Waals surface area contributed by atoms with Crippen molar-refractivity contribution in [3.8, 4) is 0 Å². The maximum atomic E-state index is 12.7. The zero-order chi connectivity index (χ0) is 15.5. The lowest BCUT2D eigenvalue weighted by Gasteiger charge is -2.24. The summed E-state index contributed by atoms with van der Waals surface area (Å²) in [6.07, 6.45) is 13.9. The molecule has 0 aromatic heterocycles. The van der Waals surface area contributed by atoms with E-state index < -0.39 is 0 Å². The molecule has 21 heavy (non-hydrogen) atoms. The summed E-state index contributed by atoms with van der Waals surface area (Å²) in [4.78, 5) is 12.7. The van der Waals surface area contributed by atoms with Crippen LogP contribution in [0.25, 0.3) is 0 Å². The van der Waals surface area contributed by atoms with Crippen LogP contribution in [0.4, 0.5) is 0 Å². The number of alkyl halides is 1. The molecule has 2 nitrogen and oxygen atoms in total. The van der Waals surface area contributed by atoms with Gasteiger partial charge in [0.25, 0.3) is 0 Å². The Labute approximate surface area is 144 Å². The molecule has 0 aromatic carbocycles. The Kier molecular flexibility index (Phi) is 11.0. The van der Waals surface area contributed by atoms with Gasteiger partial charge in [0.1, 0.15) is 0 Å². The summed E-state index contributed by atoms with van der Waals surface area (Å²) in [5.41, 5.74) is 0. The molecule has 0 spiro atoms. The molecule has 0 radical (unpaired) electrons. The molecule has 0 aliphatic heterocycles. The number of methoxy groups -OCH3 is 1. The highest BCUT2D eigenvalue weighted by Crippen LogP contribution is 2.34. The van der Waals surface area contributed by atoms with Crippen LogP contribution in [0.15, 0.2) is 0 Å². The zero-order valence-electron chi connectivity index (χ0n) is 13.9. The summed E-state index contributed by atoms with van der Waals surface area (Å²) in [7, 11) is 1.73. The highest BCUT2D eigenvalue weighted by molar-refractivity contribution is 14.1. The van der Waals surface area contributed by atoms with Crippen LogP contribution in [0.1, 0.15) is 77.6 Å². The summed E-state index contributed by atoms with van der Waals surface area (Å²) >= 11 is 2.37. The van der Waals surface area contributed by atoms with E-state index in [1.54, 1.807) is 7.11 Å². The molecule has 0 aromatic rings. The standard InChI is InChI=1S/C18H33IO2/c1-3-4-5-6-7-8-13-17(19)18(20)16(14-21-2)15-11-9-10-12-15/h15-17H,3-14H2,1-2H3. The highest BCUT2D eigenvalue weighted by Gasteiger charge is 2.33. The Hall–Kier alpha value is 0.360. The fourth-order valence-electron chi connectivity index (χ4n) is 3.47. The number of ether oxygens (including phenoxy) is 1. The number of rotatable bonds is 12. The van der Waals surface area contributed by atoms with Crippen molar-refractivity contribution >= 4 is 28.4 Å². The first-order chi connectivity index (χ1) is 10.2. The SMILES string of the molecule is CCCCCCCCC(I)C(=O)C(COC)C1CCCC1. The van der Waals surface area contributed by atoms with E-state index in [4.69, 9.17) is 4.74 Å². The van der Waals surface area contributed by atoms with Crippen molar-refractivity contribution in [1.29, 1.82) is 0 Å². The van der Waals surface area contributed by atoms with E-state index in [9.17, 15) is 4.79 Å². The Balaban J connectivity index is 2.29. The zero-order valence-corrected chi connectivity index (χ0v) is 16.1. The van der Waals surface area contributed by atoms with Crippen molar-refractivity contribution in [3.63, 3.8) is 0 Å². The third kappa shape index (κ3) is 7.45. The maximum absolute atomic E-state index is 12.7. The summed E-state index contributed by atoms with van der Waals surface area (Å²) in [6.45, 7) is 2.87. The molecular weight excluding hydrogens is 375 g/mol. The molecule has 2 atom stereocenters. The van der Waals surface area contributed by atoms with E-state index in [1.165, 1.54) is 64.2 Å². The van der Waals surface area contributed by atoms with Gasteiger partial charge in [-0.25, -0.2) is 0 Å². The van der Waals surface area contributed by atoms with Gasteiger partial charge in [0, 0.05) is 13.0 Å². The lowest BCUT2D eigenvalue weighted by atomic mass is 9.86. The van der Waals surface area contributed by atoms with E-state index in [-0.39, 0.29) is 9.84 Å². The van der Waals surface area contributed by atoms with Crippen molar-refractivity contribution in [3.05, 3.63) is 0 Å². The van der Waals surface area contributed by atoms with E-state index in [2.05, 4.69) is 29.5 Å². The van der Waals surface area contributed by atoms with Gasteiger partial charge in [-0.15, -0.1) is 0 Å². The fourth-order valence-corrected chi connectivity index (χ4v) is 4.37. The molecule has 0 heterocycles. The monoisotopic (exact) mass is 408 g/mol. The highest BCUT2D eigenvalue weighted by atomic mass is 127. The van der Waals surface area contributed by atoms with E-state index in [0.717, 1.165) is 6.42 Å². The second-order valence-electron chi connectivity index (χ2n) is 6.53. The van der Waals surface area contributed by atoms with Gasteiger partial charge in [0.2, 0.25) is 0 Å². The third-order valence-corrected chi connectivity index (χ3v) is 6.04. The molecule has 1 saturated carbocycles. The minimum absolute atomic E-state index is 0.152. The van der Waals surface area contributed by atoms with Gasteiger partial charge in [-0.2, -0.15) is 0 Å². The van der Waals surface area contributed by atoms with Crippen LogP contribution in [0.5, 0.6) is 0 Å². The van der Waals surface area contributed by atoms with Crippen LogP contribution in [0, 0.1) is 11.8 Å². The van der Waals surface area contributed by atoms with Gasteiger partial charge in [-0.1, -0.05) is 80.9 Å². The van der Waals surface area contributed by atoms with Gasteiger partial charge in [0.15, 0.2) is 5.78 Å². The summed E-state index contributed by atoms with van der Waals surface area (Å²) < 4.78 is 5.52. The van der Waals surface area contributed by atoms with Crippen LogP contribution in [-0.2, 0) is 9.53 Å². The number of hydrogen-bond acceptors (Lipinski definition) is 2. The van der Waals surface area contributed by atoms with Crippen LogP contribution in [0.2, 0.25) is 0 Å².